The van der Waals surface area contributed by atoms with Gasteiger partial charge in [0.1, 0.15) is 0 Å². The Balaban J connectivity index is 2.66. The van der Waals surface area contributed by atoms with Gasteiger partial charge in [-0.15, -0.1) is 0 Å². The van der Waals surface area contributed by atoms with Crippen LogP contribution in [0.3, 0.4) is 0 Å². The third-order valence-corrected chi connectivity index (χ3v) is 3.84. The van der Waals surface area contributed by atoms with Crippen LogP contribution in [-0.2, 0) is 28.6 Å². The van der Waals surface area contributed by atoms with Crippen molar-refractivity contribution in [3.63, 3.8) is 0 Å². The van der Waals surface area contributed by atoms with Crippen LogP contribution in [0.4, 0.5) is 0 Å². The molecule has 0 aromatic carbocycles. The van der Waals surface area contributed by atoms with Gasteiger partial charge in [0.05, 0.1) is 19.8 Å². The van der Waals surface area contributed by atoms with E-state index in [-0.39, 0.29) is 42.3 Å². The minimum Gasteiger partial charge on any atom is -0.466 e. The number of carbonyl (C=O) groups is 3. The molecular formula is C15H24O6. The van der Waals surface area contributed by atoms with Crippen LogP contribution in [-0.4, -0.2) is 37.7 Å². The summed E-state index contributed by atoms with van der Waals surface area (Å²) in [6.45, 7) is 5.02. The number of esters is 3. The van der Waals surface area contributed by atoms with E-state index in [4.69, 9.17) is 14.2 Å². The molecule has 0 aliphatic heterocycles. The van der Waals surface area contributed by atoms with Crippen molar-refractivity contribution in [2.75, 3.05) is 19.8 Å². The molecule has 1 aliphatic carbocycles. The van der Waals surface area contributed by atoms with Gasteiger partial charge in [-0.3, -0.25) is 14.4 Å². The van der Waals surface area contributed by atoms with Crippen LogP contribution in [0.25, 0.3) is 0 Å². The minimum absolute atomic E-state index is 0.0429. The third-order valence-electron chi connectivity index (χ3n) is 3.84. The Hall–Kier alpha value is -1.59. The van der Waals surface area contributed by atoms with Gasteiger partial charge in [0, 0.05) is 26.7 Å². The summed E-state index contributed by atoms with van der Waals surface area (Å²) < 4.78 is 15.3. The molecule has 2 unspecified atom stereocenters. The highest BCUT2D eigenvalue weighted by Crippen LogP contribution is 2.35. The molecular weight excluding hydrogens is 276 g/mol. The number of ether oxygens (including phenoxy) is 3. The lowest BCUT2D eigenvalue weighted by molar-refractivity contribution is -0.152. The molecule has 2 atom stereocenters. The molecule has 1 saturated carbocycles. The molecule has 1 rings (SSSR count). The van der Waals surface area contributed by atoms with Crippen molar-refractivity contribution >= 4 is 17.9 Å². The van der Waals surface area contributed by atoms with Crippen LogP contribution >= 0.6 is 0 Å². The number of hydrogen-bond acceptors (Lipinski definition) is 6. The summed E-state index contributed by atoms with van der Waals surface area (Å²) in [6.07, 6.45) is 2.81. The van der Waals surface area contributed by atoms with Gasteiger partial charge < -0.3 is 14.2 Å². The predicted octanol–water partition coefficient (Wildman–Crippen LogP) is 1.71. The van der Waals surface area contributed by atoms with Crippen molar-refractivity contribution < 1.29 is 28.6 Å². The van der Waals surface area contributed by atoms with Gasteiger partial charge >= 0.3 is 17.9 Å². The second kappa shape index (κ2) is 8.64. The van der Waals surface area contributed by atoms with E-state index in [0.29, 0.717) is 13.2 Å². The fourth-order valence-electron chi connectivity index (χ4n) is 2.80. The first-order valence-electron chi connectivity index (χ1n) is 7.30. The molecule has 0 spiro atoms. The highest BCUT2D eigenvalue weighted by molar-refractivity contribution is 5.66. The Labute approximate surface area is 125 Å². The second-order valence-corrected chi connectivity index (χ2v) is 5.52. The van der Waals surface area contributed by atoms with Gasteiger partial charge in [-0.2, -0.15) is 0 Å². The molecule has 120 valence electrons. The molecule has 21 heavy (non-hydrogen) atoms. The van der Waals surface area contributed by atoms with Crippen LogP contribution in [0.2, 0.25) is 0 Å². The summed E-state index contributed by atoms with van der Waals surface area (Å²) >= 11 is 0. The fourth-order valence-corrected chi connectivity index (χ4v) is 2.80. The maximum absolute atomic E-state index is 11.0. The van der Waals surface area contributed by atoms with Gasteiger partial charge in [0.2, 0.25) is 0 Å². The monoisotopic (exact) mass is 300 g/mol. The Morgan fingerprint density at radius 2 is 1.14 bits per heavy atom. The van der Waals surface area contributed by atoms with E-state index in [0.717, 1.165) is 19.3 Å². The van der Waals surface area contributed by atoms with Crippen molar-refractivity contribution in [1.82, 2.24) is 0 Å². The van der Waals surface area contributed by atoms with E-state index in [1.807, 2.05) is 0 Å². The number of carbonyl (C=O) groups excluding carboxylic acids is 3. The highest BCUT2D eigenvalue weighted by Gasteiger charge is 2.35. The molecule has 0 N–H and O–H groups in total. The first-order chi connectivity index (χ1) is 9.90. The van der Waals surface area contributed by atoms with Crippen LogP contribution in [0.1, 0.15) is 40.0 Å². The lowest BCUT2D eigenvalue weighted by Gasteiger charge is -2.37. The predicted molar refractivity (Wildman–Crippen MR) is 74.2 cm³/mol. The summed E-state index contributed by atoms with van der Waals surface area (Å²) in [5.74, 6) is -0.670. The Bertz CT molecular complexity index is 352. The zero-order valence-electron chi connectivity index (χ0n) is 12.9. The van der Waals surface area contributed by atoms with Crippen molar-refractivity contribution in [2.45, 2.75) is 40.0 Å². The molecule has 0 heterocycles. The highest BCUT2D eigenvalue weighted by atomic mass is 16.5. The van der Waals surface area contributed by atoms with Gasteiger partial charge in [-0.25, -0.2) is 0 Å². The molecule has 1 fully saturated rings. The van der Waals surface area contributed by atoms with Crippen molar-refractivity contribution in [3.05, 3.63) is 0 Å². The summed E-state index contributed by atoms with van der Waals surface area (Å²) in [6, 6.07) is 0. The van der Waals surface area contributed by atoms with Gasteiger partial charge in [-0.1, -0.05) is 6.42 Å². The zero-order chi connectivity index (χ0) is 15.8. The smallest absolute Gasteiger partial charge is 0.302 e. The van der Waals surface area contributed by atoms with E-state index < -0.39 is 0 Å². The third kappa shape index (κ3) is 6.60. The topological polar surface area (TPSA) is 78.9 Å². The molecule has 0 saturated heterocycles. The van der Waals surface area contributed by atoms with E-state index in [1.54, 1.807) is 0 Å². The lowest BCUT2D eigenvalue weighted by atomic mass is 9.73. The van der Waals surface area contributed by atoms with E-state index in [9.17, 15) is 14.4 Å². The van der Waals surface area contributed by atoms with E-state index >= 15 is 0 Å². The summed E-state index contributed by atoms with van der Waals surface area (Å²) in [5.41, 5.74) is 0. The maximum atomic E-state index is 11.0. The Morgan fingerprint density at radius 1 is 0.762 bits per heavy atom. The molecule has 0 bridgehead atoms. The summed E-state index contributed by atoms with van der Waals surface area (Å²) in [4.78, 5) is 33.0. The molecule has 0 radical (unpaired) electrons. The molecule has 6 heteroatoms. The Morgan fingerprint density at radius 3 is 1.52 bits per heavy atom. The molecule has 0 amide bonds. The van der Waals surface area contributed by atoms with Gasteiger partial charge in [0.15, 0.2) is 0 Å². The molecule has 0 aromatic rings. The molecule has 0 aromatic heterocycles. The number of hydrogen-bond donors (Lipinski definition) is 0. The quantitative estimate of drug-likeness (QED) is 0.549. The van der Waals surface area contributed by atoms with Crippen LogP contribution in [0.5, 0.6) is 0 Å². The van der Waals surface area contributed by atoms with E-state index in [1.165, 1.54) is 20.8 Å². The average Bonchev–Trinajstić information content (AvgIpc) is 2.40. The molecule has 6 nitrogen and oxygen atoms in total. The maximum Gasteiger partial charge on any atom is 0.302 e. The first-order valence-corrected chi connectivity index (χ1v) is 7.30. The standard InChI is InChI=1S/C15H24O6/c1-10(16)19-7-13-5-4-6-14(8-20-11(2)17)15(13)9-21-12(3)18/h13-15H,4-9H2,1-3H3. The normalized spacial score (nSPS) is 25.0. The van der Waals surface area contributed by atoms with Gasteiger partial charge in [0.25, 0.3) is 0 Å². The Kier molecular flexibility index (Phi) is 7.19. The summed E-state index contributed by atoms with van der Waals surface area (Å²) in [5, 5.41) is 0. The van der Waals surface area contributed by atoms with Gasteiger partial charge in [-0.05, 0) is 24.7 Å². The van der Waals surface area contributed by atoms with Crippen LogP contribution in [0, 0.1) is 17.8 Å². The fraction of sp³-hybridized carbons (Fsp3) is 0.800. The minimum atomic E-state index is -0.335. The van der Waals surface area contributed by atoms with Crippen molar-refractivity contribution in [1.29, 1.82) is 0 Å². The first kappa shape index (κ1) is 17.5. The van der Waals surface area contributed by atoms with E-state index in [2.05, 4.69) is 0 Å². The SMILES string of the molecule is CC(=O)OCC1CCCC(COC(C)=O)C1COC(C)=O. The lowest BCUT2D eigenvalue weighted by Crippen LogP contribution is -2.37. The van der Waals surface area contributed by atoms with Crippen LogP contribution < -0.4 is 0 Å². The molecule has 1 aliphatic rings. The number of rotatable bonds is 6. The summed E-state index contributed by atoms with van der Waals surface area (Å²) in [7, 11) is 0. The van der Waals surface area contributed by atoms with Crippen LogP contribution in [0.15, 0.2) is 0 Å². The zero-order valence-corrected chi connectivity index (χ0v) is 12.9. The second-order valence-electron chi connectivity index (χ2n) is 5.52. The van der Waals surface area contributed by atoms with Crippen molar-refractivity contribution in [2.24, 2.45) is 17.8 Å². The largest absolute Gasteiger partial charge is 0.466 e. The average molecular weight is 300 g/mol. The van der Waals surface area contributed by atoms with Crippen molar-refractivity contribution in [3.8, 4) is 0 Å².